The fourth-order valence-electron chi connectivity index (χ4n) is 2.95. The Labute approximate surface area is 134 Å². The molecule has 2 aromatic rings. The van der Waals surface area contributed by atoms with Crippen LogP contribution in [0, 0.1) is 12.7 Å². The molecular formula is C17H21FN2O3. The molecule has 3 rings (SSSR count). The third-order valence-corrected chi connectivity index (χ3v) is 4.04. The van der Waals surface area contributed by atoms with Gasteiger partial charge in [0.05, 0.1) is 11.7 Å². The van der Waals surface area contributed by atoms with Gasteiger partial charge in [-0.2, -0.15) is 0 Å². The molecule has 1 aliphatic heterocycles. The molecule has 0 aliphatic carbocycles. The summed E-state index contributed by atoms with van der Waals surface area (Å²) in [7, 11) is 0. The minimum atomic E-state index is -0.621. The highest BCUT2D eigenvalue weighted by molar-refractivity contribution is 5.22. The molecule has 124 valence electrons. The van der Waals surface area contributed by atoms with E-state index in [4.69, 9.17) is 9.26 Å². The second kappa shape index (κ2) is 7.10. The fraction of sp³-hybridized carbons (Fsp3) is 0.471. The molecule has 0 radical (unpaired) electrons. The second-order valence-electron chi connectivity index (χ2n) is 5.94. The van der Waals surface area contributed by atoms with Crippen LogP contribution in [0.3, 0.4) is 0 Å². The molecule has 23 heavy (non-hydrogen) atoms. The molecule has 1 aromatic heterocycles. The van der Waals surface area contributed by atoms with E-state index in [9.17, 15) is 9.50 Å². The molecule has 5 nitrogen and oxygen atoms in total. The zero-order valence-electron chi connectivity index (χ0n) is 13.1. The van der Waals surface area contributed by atoms with Gasteiger partial charge in [-0.25, -0.2) is 4.39 Å². The molecule has 0 saturated carbocycles. The molecule has 0 amide bonds. The lowest BCUT2D eigenvalue weighted by molar-refractivity contribution is 0.0597. The summed E-state index contributed by atoms with van der Waals surface area (Å²) in [5.41, 5.74) is 0.868. The van der Waals surface area contributed by atoms with Gasteiger partial charge in [0.2, 0.25) is 0 Å². The highest BCUT2D eigenvalue weighted by Crippen LogP contribution is 2.32. The lowest BCUT2D eigenvalue weighted by Crippen LogP contribution is -2.35. The highest BCUT2D eigenvalue weighted by atomic mass is 19.1. The van der Waals surface area contributed by atoms with E-state index in [1.165, 1.54) is 12.1 Å². The third-order valence-electron chi connectivity index (χ3n) is 4.04. The van der Waals surface area contributed by atoms with E-state index in [0.717, 1.165) is 30.8 Å². The van der Waals surface area contributed by atoms with Crippen molar-refractivity contribution in [3.63, 3.8) is 0 Å². The maximum atomic E-state index is 12.8. The topological polar surface area (TPSA) is 58.7 Å². The van der Waals surface area contributed by atoms with Crippen LogP contribution in [0.4, 0.5) is 4.39 Å². The van der Waals surface area contributed by atoms with Crippen molar-refractivity contribution in [2.45, 2.75) is 31.9 Å². The molecule has 0 spiro atoms. The number of benzene rings is 1. The Morgan fingerprint density at radius 1 is 1.43 bits per heavy atom. The summed E-state index contributed by atoms with van der Waals surface area (Å²) in [5.74, 6) is 1.10. The van der Waals surface area contributed by atoms with Gasteiger partial charge < -0.3 is 14.4 Å². The minimum absolute atomic E-state index is 0.164. The zero-order valence-corrected chi connectivity index (χ0v) is 13.1. The summed E-state index contributed by atoms with van der Waals surface area (Å²) in [6.45, 7) is 3.49. The number of hydrogen-bond donors (Lipinski definition) is 1. The predicted molar refractivity (Wildman–Crippen MR) is 82.7 cm³/mol. The Morgan fingerprint density at radius 3 is 2.91 bits per heavy atom. The van der Waals surface area contributed by atoms with Crippen molar-refractivity contribution in [1.29, 1.82) is 0 Å². The first-order chi connectivity index (χ1) is 11.1. The van der Waals surface area contributed by atoms with Gasteiger partial charge in [0, 0.05) is 12.6 Å². The Bertz CT molecular complexity index is 629. The van der Waals surface area contributed by atoms with Crippen LogP contribution < -0.4 is 4.74 Å². The van der Waals surface area contributed by atoms with Gasteiger partial charge in [-0.05, 0) is 50.6 Å². The Kier molecular flexibility index (Phi) is 4.93. The average Bonchev–Trinajstić information content (AvgIpc) is 3.15. The van der Waals surface area contributed by atoms with E-state index in [1.807, 2.05) is 13.0 Å². The van der Waals surface area contributed by atoms with Crippen LogP contribution in [0.25, 0.3) is 0 Å². The zero-order chi connectivity index (χ0) is 16.2. The van der Waals surface area contributed by atoms with Gasteiger partial charge in [-0.3, -0.25) is 4.90 Å². The lowest BCUT2D eigenvalue weighted by Gasteiger charge is -2.25. The number of likely N-dealkylation sites (tertiary alicyclic amines) is 1. The Balaban J connectivity index is 1.52. The maximum Gasteiger partial charge on any atom is 0.154 e. The lowest BCUT2D eigenvalue weighted by atomic mass is 10.1. The van der Waals surface area contributed by atoms with Crippen molar-refractivity contribution in [3.05, 3.63) is 47.6 Å². The number of rotatable bonds is 6. The van der Waals surface area contributed by atoms with Crippen LogP contribution in [0.5, 0.6) is 5.75 Å². The van der Waals surface area contributed by atoms with Crippen molar-refractivity contribution in [1.82, 2.24) is 10.1 Å². The van der Waals surface area contributed by atoms with E-state index in [1.54, 1.807) is 12.1 Å². The van der Waals surface area contributed by atoms with Crippen LogP contribution in [0.15, 0.2) is 34.9 Å². The second-order valence-corrected chi connectivity index (χ2v) is 5.94. The van der Waals surface area contributed by atoms with Gasteiger partial charge in [0.25, 0.3) is 0 Å². The number of halogens is 1. The number of hydrogen-bond acceptors (Lipinski definition) is 5. The van der Waals surface area contributed by atoms with E-state index in [0.29, 0.717) is 12.3 Å². The molecule has 1 aliphatic rings. The molecule has 0 bridgehead atoms. The van der Waals surface area contributed by atoms with Gasteiger partial charge in [-0.1, -0.05) is 5.16 Å². The van der Waals surface area contributed by atoms with Crippen LogP contribution in [-0.4, -0.2) is 41.0 Å². The first-order valence-electron chi connectivity index (χ1n) is 7.85. The summed E-state index contributed by atoms with van der Waals surface area (Å²) < 4.78 is 23.7. The van der Waals surface area contributed by atoms with Crippen molar-refractivity contribution < 1.29 is 18.8 Å². The number of ether oxygens (including phenoxy) is 1. The van der Waals surface area contributed by atoms with Crippen LogP contribution in [0.1, 0.15) is 30.3 Å². The van der Waals surface area contributed by atoms with Gasteiger partial charge in [-0.15, -0.1) is 0 Å². The Hall–Kier alpha value is -1.92. The standard InChI is InChI=1S/C17H21FN2O3/c1-12-9-17(23-19-12)16-3-2-8-20(16)10-14(21)11-22-15-6-4-13(18)5-7-15/h4-7,9,14,16,21H,2-3,8,10-11H2,1H3. The summed E-state index contributed by atoms with van der Waals surface area (Å²) in [6, 6.07) is 7.90. The third kappa shape index (κ3) is 4.09. The maximum absolute atomic E-state index is 12.8. The summed E-state index contributed by atoms with van der Waals surface area (Å²) in [6.07, 6.45) is 1.44. The summed E-state index contributed by atoms with van der Waals surface area (Å²) >= 11 is 0. The van der Waals surface area contributed by atoms with E-state index in [2.05, 4.69) is 10.1 Å². The van der Waals surface area contributed by atoms with Gasteiger partial charge >= 0.3 is 0 Å². The predicted octanol–water partition coefficient (Wildman–Crippen LogP) is 2.70. The molecule has 6 heteroatoms. The fourth-order valence-corrected chi connectivity index (χ4v) is 2.95. The highest BCUT2D eigenvalue weighted by Gasteiger charge is 2.30. The van der Waals surface area contributed by atoms with E-state index >= 15 is 0 Å². The number of aliphatic hydroxyl groups is 1. The molecule has 2 heterocycles. The number of aliphatic hydroxyl groups excluding tert-OH is 1. The van der Waals surface area contributed by atoms with Crippen LogP contribution in [-0.2, 0) is 0 Å². The first kappa shape index (κ1) is 16.0. The summed E-state index contributed by atoms with van der Waals surface area (Å²) in [5, 5.41) is 14.1. The molecule has 2 unspecified atom stereocenters. The van der Waals surface area contributed by atoms with Gasteiger partial charge in [0.1, 0.15) is 24.3 Å². The van der Waals surface area contributed by atoms with Crippen molar-refractivity contribution in [3.8, 4) is 5.75 Å². The summed E-state index contributed by atoms with van der Waals surface area (Å²) in [4.78, 5) is 2.19. The van der Waals surface area contributed by atoms with Crippen molar-refractivity contribution >= 4 is 0 Å². The monoisotopic (exact) mass is 320 g/mol. The molecule has 1 N–H and O–H groups in total. The smallest absolute Gasteiger partial charge is 0.154 e. The minimum Gasteiger partial charge on any atom is -0.491 e. The number of nitrogens with zero attached hydrogens (tertiary/aromatic N) is 2. The van der Waals surface area contributed by atoms with Crippen LogP contribution in [0.2, 0.25) is 0 Å². The van der Waals surface area contributed by atoms with E-state index in [-0.39, 0.29) is 18.5 Å². The number of β-amino-alcohol motifs (C(OH)–C–C–N with tert-alkyl or cyclic N) is 1. The molecular weight excluding hydrogens is 299 g/mol. The SMILES string of the molecule is Cc1cc(C2CCCN2CC(O)COc2ccc(F)cc2)on1. The molecule has 1 fully saturated rings. The average molecular weight is 320 g/mol. The van der Waals surface area contributed by atoms with E-state index < -0.39 is 6.10 Å². The number of aryl methyl sites for hydroxylation is 1. The largest absolute Gasteiger partial charge is 0.491 e. The van der Waals surface area contributed by atoms with Crippen molar-refractivity contribution in [2.75, 3.05) is 19.7 Å². The molecule has 1 saturated heterocycles. The van der Waals surface area contributed by atoms with Gasteiger partial charge in [0.15, 0.2) is 5.76 Å². The van der Waals surface area contributed by atoms with Crippen molar-refractivity contribution in [2.24, 2.45) is 0 Å². The first-order valence-corrected chi connectivity index (χ1v) is 7.85. The Morgan fingerprint density at radius 2 is 2.22 bits per heavy atom. The number of aromatic nitrogens is 1. The molecule has 2 atom stereocenters. The van der Waals surface area contributed by atoms with Crippen LogP contribution >= 0.6 is 0 Å². The quantitative estimate of drug-likeness (QED) is 0.887. The normalized spacial score (nSPS) is 19.9. The molecule has 1 aromatic carbocycles.